The molecule has 0 amide bonds. The van der Waals surface area contributed by atoms with Crippen molar-refractivity contribution >= 4 is 10.1 Å². The van der Waals surface area contributed by atoms with Gasteiger partial charge >= 0.3 is 39.6 Å². The lowest BCUT2D eigenvalue weighted by Crippen LogP contribution is -2.63. The Bertz CT molecular complexity index is 983. The number of rotatable bonds is 7. The fourth-order valence-electron chi connectivity index (χ4n) is 2.26. The Hall–Kier alpha value is -2.14. The van der Waals surface area contributed by atoms with E-state index in [9.17, 15) is 61.1 Å². The van der Waals surface area contributed by atoms with Crippen LogP contribution in [0.4, 0.5) is 52.7 Å². The summed E-state index contributed by atoms with van der Waals surface area (Å²) >= 11 is 0. The molecule has 1 aliphatic carbocycles. The summed E-state index contributed by atoms with van der Waals surface area (Å²) in [5.74, 6) is -18.9. The Labute approximate surface area is 170 Å². The highest BCUT2D eigenvalue weighted by Gasteiger charge is 2.86. The Morgan fingerprint density at radius 2 is 1.41 bits per heavy atom. The first-order chi connectivity index (χ1) is 14.1. The molecule has 1 aromatic heterocycles. The first-order valence-corrected chi connectivity index (χ1v) is 9.33. The maximum atomic E-state index is 13.8. The molecule has 0 spiro atoms. The van der Waals surface area contributed by atoms with Gasteiger partial charge in [-0.3, -0.25) is 0 Å². The number of hydrogen-bond donors (Lipinski definition) is 0. The van der Waals surface area contributed by atoms with Crippen LogP contribution < -0.4 is 8.92 Å². The van der Waals surface area contributed by atoms with Gasteiger partial charge in [-0.2, -0.15) is 61.1 Å². The molecule has 1 aliphatic rings. The fourth-order valence-corrected chi connectivity index (χ4v) is 3.17. The smallest absolute Gasteiger partial charge is 0.460 e. The van der Waals surface area contributed by atoms with Gasteiger partial charge in [0.15, 0.2) is 11.5 Å². The summed E-state index contributed by atoms with van der Waals surface area (Å²) in [4.78, 5) is 3.12. The number of pyridine rings is 1. The van der Waals surface area contributed by atoms with E-state index in [2.05, 4.69) is 13.9 Å². The highest BCUT2D eigenvalue weighted by Crippen LogP contribution is 2.55. The number of alkyl halides is 12. The zero-order valence-corrected chi connectivity index (χ0v) is 15.9. The second-order valence-corrected chi connectivity index (χ2v) is 7.98. The fraction of sp³-hybridized carbons (Fsp3) is 0.643. The van der Waals surface area contributed by atoms with Crippen LogP contribution in [-0.2, 0) is 16.3 Å². The molecule has 0 aliphatic heterocycles. The second kappa shape index (κ2) is 7.44. The summed E-state index contributed by atoms with van der Waals surface area (Å²) < 4.78 is 187. The monoisotopic (exact) mass is 515 g/mol. The van der Waals surface area contributed by atoms with Gasteiger partial charge in [0.25, 0.3) is 0 Å². The first-order valence-electron chi connectivity index (χ1n) is 7.92. The molecule has 0 bridgehead atoms. The van der Waals surface area contributed by atoms with Crippen LogP contribution in [0.2, 0.25) is 0 Å². The molecule has 1 aromatic rings. The Morgan fingerprint density at radius 3 is 1.78 bits per heavy atom. The average molecular weight is 515 g/mol. The van der Waals surface area contributed by atoms with Gasteiger partial charge in [0.2, 0.25) is 0 Å². The molecule has 0 radical (unpaired) electrons. The lowest BCUT2D eigenvalue weighted by atomic mass is 10.1. The van der Waals surface area contributed by atoms with E-state index in [0.29, 0.717) is 7.11 Å². The van der Waals surface area contributed by atoms with Gasteiger partial charge in [-0.1, -0.05) is 0 Å². The van der Waals surface area contributed by atoms with Crippen molar-refractivity contribution in [2.75, 3.05) is 7.11 Å². The number of ether oxygens (including phenoxy) is 1. The largest absolute Gasteiger partial charge is 0.491 e. The molecule has 0 N–H and O–H groups in total. The summed E-state index contributed by atoms with van der Waals surface area (Å²) in [5, 5.41) is -7.26. The van der Waals surface area contributed by atoms with E-state index in [1.165, 1.54) is 0 Å². The van der Waals surface area contributed by atoms with E-state index in [-0.39, 0.29) is 18.9 Å². The van der Waals surface area contributed by atoms with Crippen LogP contribution in [0.15, 0.2) is 6.07 Å². The van der Waals surface area contributed by atoms with E-state index in [1.807, 2.05) is 0 Å². The molecule has 5 nitrogen and oxygen atoms in total. The minimum atomic E-state index is -7.62. The van der Waals surface area contributed by atoms with Crippen molar-refractivity contribution in [2.45, 2.75) is 48.2 Å². The molecule has 32 heavy (non-hydrogen) atoms. The molecular weight excluding hydrogens is 506 g/mol. The van der Waals surface area contributed by atoms with Gasteiger partial charge in [-0.05, 0) is 12.8 Å². The number of nitrogens with zero attached hydrogens (tertiary/aromatic N) is 1. The summed E-state index contributed by atoms with van der Waals surface area (Å²) in [6.45, 7) is 0. The van der Waals surface area contributed by atoms with Crippen molar-refractivity contribution in [1.29, 1.82) is 0 Å². The highest BCUT2D eigenvalue weighted by atomic mass is 32.2. The molecule has 0 saturated heterocycles. The van der Waals surface area contributed by atoms with Crippen LogP contribution >= 0.6 is 0 Å². The van der Waals surface area contributed by atoms with Gasteiger partial charge < -0.3 is 8.92 Å². The van der Waals surface area contributed by atoms with Crippen molar-refractivity contribution in [1.82, 2.24) is 4.98 Å². The van der Waals surface area contributed by atoms with Gasteiger partial charge in [0, 0.05) is 12.0 Å². The normalized spacial score (nSPS) is 16.8. The highest BCUT2D eigenvalue weighted by molar-refractivity contribution is 7.88. The Morgan fingerprint density at radius 1 is 0.906 bits per heavy atom. The molecule has 0 aromatic carbocycles. The molecule has 1 saturated carbocycles. The van der Waals surface area contributed by atoms with Crippen LogP contribution in [0.1, 0.15) is 30.1 Å². The quantitative estimate of drug-likeness (QED) is 0.373. The number of aromatic nitrogens is 1. The minimum Gasteiger partial charge on any atom is -0.491 e. The summed E-state index contributed by atoms with van der Waals surface area (Å²) in [7, 11) is -6.80. The lowest BCUT2D eigenvalue weighted by Gasteiger charge is -2.32. The predicted octanol–water partition coefficient (Wildman–Crippen LogP) is 5.12. The zero-order valence-electron chi connectivity index (χ0n) is 15.1. The van der Waals surface area contributed by atoms with Gasteiger partial charge in [0.05, 0.1) is 12.8 Å². The molecule has 0 unspecified atom stereocenters. The summed E-state index contributed by atoms with van der Waals surface area (Å²) in [6, 6.07) is -0.377. The van der Waals surface area contributed by atoms with Gasteiger partial charge in [0.1, 0.15) is 5.69 Å². The van der Waals surface area contributed by atoms with Crippen molar-refractivity contribution in [3.8, 4) is 11.5 Å². The number of hydrogen-bond acceptors (Lipinski definition) is 5. The third-order valence-corrected chi connectivity index (χ3v) is 5.34. The van der Waals surface area contributed by atoms with Crippen LogP contribution in [-0.4, -0.2) is 43.8 Å². The SMILES string of the molecule is COc1c(OS(=O)(=O)C(F)(F)C(F)(F)C(F)(F)C(F)(F)F)cc(C(F)(F)F)nc1C1CC1. The third kappa shape index (κ3) is 4.12. The van der Waals surface area contributed by atoms with Gasteiger partial charge in [-0.15, -0.1) is 0 Å². The zero-order chi connectivity index (χ0) is 25.1. The molecule has 18 heteroatoms. The van der Waals surface area contributed by atoms with Crippen LogP contribution in [0.5, 0.6) is 11.5 Å². The van der Waals surface area contributed by atoms with E-state index in [4.69, 9.17) is 0 Å². The molecule has 1 fully saturated rings. The Kier molecular flexibility index (Phi) is 6.07. The molecule has 1 heterocycles. The van der Waals surface area contributed by atoms with E-state index >= 15 is 0 Å². The first kappa shape index (κ1) is 26.1. The van der Waals surface area contributed by atoms with Crippen LogP contribution in [0.25, 0.3) is 0 Å². The van der Waals surface area contributed by atoms with E-state index < -0.39 is 68.4 Å². The minimum absolute atomic E-state index is 0.170. The third-order valence-electron chi connectivity index (χ3n) is 4.05. The Balaban J connectivity index is 2.63. The maximum Gasteiger partial charge on any atom is 0.460 e. The lowest BCUT2D eigenvalue weighted by molar-refractivity contribution is -0.382. The van der Waals surface area contributed by atoms with Crippen LogP contribution in [0.3, 0.4) is 0 Å². The van der Waals surface area contributed by atoms with E-state index in [1.54, 1.807) is 0 Å². The van der Waals surface area contributed by atoms with Gasteiger partial charge in [-0.25, -0.2) is 4.98 Å². The molecule has 184 valence electrons. The molecule has 0 atom stereocenters. The van der Waals surface area contributed by atoms with Crippen molar-refractivity contribution < 1.29 is 70.0 Å². The van der Waals surface area contributed by atoms with Crippen LogP contribution in [0, 0.1) is 0 Å². The molecular formula is C14H9F12NO4S. The standard InChI is InChI=1S/C14H9F12NO4S/c1-30-9-6(4-7(10(15,16)17)27-8(9)5-2-3-5)31-32(28,29)14(25,26)12(20,21)11(18,19)13(22,23)24/h4-5H,2-3H2,1H3. The van der Waals surface area contributed by atoms with Crippen molar-refractivity contribution in [3.05, 3.63) is 17.5 Å². The summed E-state index contributed by atoms with van der Waals surface area (Å²) in [6.07, 6.45) is -12.3. The molecule has 2 rings (SSSR count). The maximum absolute atomic E-state index is 13.8. The van der Waals surface area contributed by atoms with Crippen molar-refractivity contribution in [3.63, 3.8) is 0 Å². The summed E-state index contributed by atoms with van der Waals surface area (Å²) in [5.41, 5.74) is -2.63. The average Bonchev–Trinajstić information content (AvgIpc) is 3.43. The van der Waals surface area contributed by atoms with E-state index in [0.717, 1.165) is 0 Å². The number of halogens is 12. The van der Waals surface area contributed by atoms with Crippen molar-refractivity contribution in [2.24, 2.45) is 0 Å². The predicted molar refractivity (Wildman–Crippen MR) is 78.2 cm³/mol. The second-order valence-electron chi connectivity index (χ2n) is 6.40. The topological polar surface area (TPSA) is 65.5 Å². The number of methoxy groups -OCH3 is 1.